The summed E-state index contributed by atoms with van der Waals surface area (Å²) < 4.78 is 52.6. The molecule has 0 aliphatic carbocycles. The van der Waals surface area contributed by atoms with E-state index in [0.717, 1.165) is 12.3 Å². The molecule has 0 saturated heterocycles. The van der Waals surface area contributed by atoms with Crippen molar-refractivity contribution in [2.75, 3.05) is 0 Å². The smallest absolute Gasteiger partial charge is 0.267 e. The fraction of sp³-hybridized carbons (Fsp3) is 0.0714. The Morgan fingerprint density at radius 3 is 2.52 bits per heavy atom. The van der Waals surface area contributed by atoms with E-state index in [2.05, 4.69) is 4.98 Å². The first kappa shape index (κ1) is 16.5. The van der Waals surface area contributed by atoms with Gasteiger partial charge in [-0.15, -0.1) is 0 Å². The number of benzene rings is 1. The van der Waals surface area contributed by atoms with Crippen LogP contribution in [0.3, 0.4) is 0 Å². The van der Waals surface area contributed by atoms with Gasteiger partial charge in [0.2, 0.25) is 0 Å². The van der Waals surface area contributed by atoms with Crippen LogP contribution >= 0.6 is 0 Å². The van der Waals surface area contributed by atoms with E-state index >= 15 is 0 Å². The molecule has 6 nitrogen and oxygen atoms in total. The third-order valence-electron chi connectivity index (χ3n) is 2.87. The van der Waals surface area contributed by atoms with Crippen LogP contribution in [0.1, 0.15) is 21.6 Å². The van der Waals surface area contributed by atoms with Gasteiger partial charge in [-0.3, -0.25) is 4.79 Å². The van der Waals surface area contributed by atoms with Crippen molar-refractivity contribution in [1.29, 1.82) is 5.26 Å². The lowest BCUT2D eigenvalue weighted by Gasteiger charge is -2.09. The SMILES string of the molecule is Cc1cc(S(=O)(=O)NC(=O)c2ccc(C#N)nc2)c(F)cc1F. The molecule has 0 spiro atoms. The number of hydrogen-bond acceptors (Lipinski definition) is 5. The maximum Gasteiger partial charge on any atom is 0.267 e. The highest BCUT2D eigenvalue weighted by atomic mass is 32.2. The number of amides is 1. The molecule has 0 atom stereocenters. The summed E-state index contributed by atoms with van der Waals surface area (Å²) in [5, 5.41) is 8.60. The van der Waals surface area contributed by atoms with Crippen molar-refractivity contribution >= 4 is 15.9 Å². The number of pyridine rings is 1. The van der Waals surface area contributed by atoms with Gasteiger partial charge in [-0.1, -0.05) is 0 Å². The Labute approximate surface area is 130 Å². The van der Waals surface area contributed by atoms with Crippen LogP contribution in [-0.2, 0) is 10.0 Å². The number of nitrogens with one attached hydrogen (secondary N) is 1. The zero-order chi connectivity index (χ0) is 17.2. The van der Waals surface area contributed by atoms with Gasteiger partial charge in [-0.25, -0.2) is 26.9 Å². The van der Waals surface area contributed by atoms with Crippen LogP contribution in [0.15, 0.2) is 35.4 Å². The molecule has 0 saturated carbocycles. The predicted octanol–water partition coefficient (Wildman–Crippen LogP) is 1.66. The minimum Gasteiger partial charge on any atom is -0.268 e. The summed E-state index contributed by atoms with van der Waals surface area (Å²) >= 11 is 0. The molecule has 0 aliphatic heterocycles. The summed E-state index contributed by atoms with van der Waals surface area (Å²) in [5.74, 6) is -3.27. The molecule has 9 heteroatoms. The lowest BCUT2D eigenvalue weighted by molar-refractivity contribution is 0.0981. The van der Waals surface area contributed by atoms with Gasteiger partial charge in [-0.05, 0) is 30.7 Å². The number of nitriles is 1. The zero-order valence-corrected chi connectivity index (χ0v) is 12.5. The molecule has 1 aromatic carbocycles. The third-order valence-corrected chi connectivity index (χ3v) is 4.22. The molecule has 118 valence electrons. The van der Waals surface area contributed by atoms with Gasteiger partial charge < -0.3 is 0 Å². The van der Waals surface area contributed by atoms with Crippen molar-refractivity contribution < 1.29 is 22.0 Å². The summed E-state index contributed by atoms with van der Waals surface area (Å²) in [7, 11) is -4.53. The monoisotopic (exact) mass is 337 g/mol. The highest BCUT2D eigenvalue weighted by Crippen LogP contribution is 2.19. The van der Waals surface area contributed by atoms with Gasteiger partial charge in [0.25, 0.3) is 15.9 Å². The fourth-order valence-corrected chi connectivity index (χ4v) is 2.79. The first-order valence-electron chi connectivity index (χ1n) is 6.13. The second-order valence-corrected chi connectivity index (χ2v) is 6.16. The van der Waals surface area contributed by atoms with Gasteiger partial charge in [0, 0.05) is 12.3 Å². The van der Waals surface area contributed by atoms with E-state index in [0.29, 0.717) is 6.07 Å². The van der Waals surface area contributed by atoms with Crippen molar-refractivity contribution in [3.63, 3.8) is 0 Å². The Bertz CT molecular complexity index is 920. The highest BCUT2D eigenvalue weighted by Gasteiger charge is 2.24. The van der Waals surface area contributed by atoms with E-state index < -0.39 is 32.5 Å². The molecule has 1 amide bonds. The van der Waals surface area contributed by atoms with E-state index in [1.54, 1.807) is 10.8 Å². The Morgan fingerprint density at radius 2 is 1.96 bits per heavy atom. The largest absolute Gasteiger partial charge is 0.268 e. The van der Waals surface area contributed by atoms with Crippen LogP contribution in [0.25, 0.3) is 0 Å². The molecular weight excluding hydrogens is 328 g/mol. The van der Waals surface area contributed by atoms with E-state index in [-0.39, 0.29) is 16.8 Å². The lowest BCUT2D eigenvalue weighted by atomic mass is 10.2. The average molecular weight is 337 g/mol. The molecule has 0 unspecified atom stereocenters. The van der Waals surface area contributed by atoms with Crippen molar-refractivity contribution in [2.45, 2.75) is 11.8 Å². The normalized spacial score (nSPS) is 10.9. The van der Waals surface area contributed by atoms with Crippen molar-refractivity contribution in [1.82, 2.24) is 9.71 Å². The molecule has 0 fully saturated rings. The molecule has 0 aliphatic rings. The predicted molar refractivity (Wildman–Crippen MR) is 74.7 cm³/mol. The average Bonchev–Trinajstić information content (AvgIpc) is 2.50. The Balaban J connectivity index is 2.32. The van der Waals surface area contributed by atoms with Crippen LogP contribution in [0.4, 0.5) is 8.78 Å². The van der Waals surface area contributed by atoms with Gasteiger partial charge in [0.05, 0.1) is 5.56 Å². The minimum absolute atomic E-state index is 0.0459. The van der Waals surface area contributed by atoms with Crippen LogP contribution in [0, 0.1) is 29.9 Å². The molecule has 1 aromatic heterocycles. The number of halogens is 2. The number of sulfonamides is 1. The maximum absolute atomic E-state index is 13.7. The van der Waals surface area contributed by atoms with Crippen LogP contribution in [0.5, 0.6) is 0 Å². The van der Waals surface area contributed by atoms with Crippen molar-refractivity contribution in [2.24, 2.45) is 0 Å². The van der Waals surface area contributed by atoms with Gasteiger partial charge >= 0.3 is 0 Å². The molecule has 2 aromatic rings. The van der Waals surface area contributed by atoms with Gasteiger partial charge in [-0.2, -0.15) is 5.26 Å². The van der Waals surface area contributed by atoms with Crippen LogP contribution in [-0.4, -0.2) is 19.3 Å². The lowest BCUT2D eigenvalue weighted by Crippen LogP contribution is -2.31. The maximum atomic E-state index is 13.7. The van der Waals surface area contributed by atoms with Crippen molar-refractivity contribution in [3.05, 3.63) is 58.9 Å². The Morgan fingerprint density at radius 1 is 1.26 bits per heavy atom. The van der Waals surface area contributed by atoms with Gasteiger partial charge in [0.1, 0.15) is 28.3 Å². The molecule has 0 bridgehead atoms. The number of carbonyl (C=O) groups is 1. The first-order chi connectivity index (χ1) is 10.7. The summed E-state index contributed by atoms with van der Waals surface area (Å²) in [6.07, 6.45) is 1.01. The summed E-state index contributed by atoms with van der Waals surface area (Å²) in [6.45, 7) is 1.26. The summed E-state index contributed by atoms with van der Waals surface area (Å²) in [5.41, 5.74) is -0.171. The second kappa shape index (κ2) is 6.10. The number of aryl methyl sites for hydroxylation is 1. The second-order valence-electron chi connectivity index (χ2n) is 4.51. The molecular formula is C14H9F2N3O3S. The Kier molecular flexibility index (Phi) is 4.38. The number of rotatable bonds is 3. The molecule has 1 N–H and O–H groups in total. The molecule has 1 heterocycles. The minimum atomic E-state index is -4.53. The number of carbonyl (C=O) groups excluding carboxylic acids is 1. The zero-order valence-electron chi connectivity index (χ0n) is 11.7. The molecule has 0 radical (unpaired) electrons. The number of hydrogen-bond donors (Lipinski definition) is 1. The highest BCUT2D eigenvalue weighted by molar-refractivity contribution is 7.90. The van der Waals surface area contributed by atoms with E-state index in [9.17, 15) is 22.0 Å². The Hall–Kier alpha value is -2.86. The third kappa shape index (κ3) is 3.49. The summed E-state index contributed by atoms with van der Waals surface area (Å²) in [4.78, 5) is 14.7. The van der Waals surface area contributed by atoms with Crippen LogP contribution in [0.2, 0.25) is 0 Å². The summed E-state index contributed by atoms with van der Waals surface area (Å²) in [6, 6.07) is 5.38. The first-order valence-corrected chi connectivity index (χ1v) is 7.62. The standard InChI is InChI=1S/C14H9F2N3O3S/c1-8-4-13(12(16)5-11(8)15)23(21,22)19-14(20)9-2-3-10(6-17)18-7-9/h2-5,7H,1H3,(H,19,20). The fourth-order valence-electron chi connectivity index (χ4n) is 1.67. The molecule has 2 rings (SSSR count). The topological polar surface area (TPSA) is 99.9 Å². The molecule has 23 heavy (non-hydrogen) atoms. The quantitative estimate of drug-likeness (QED) is 0.918. The van der Waals surface area contributed by atoms with Crippen molar-refractivity contribution in [3.8, 4) is 6.07 Å². The number of nitrogens with zero attached hydrogens (tertiary/aromatic N) is 2. The van der Waals surface area contributed by atoms with E-state index in [1.165, 1.54) is 19.1 Å². The van der Waals surface area contributed by atoms with Crippen LogP contribution < -0.4 is 4.72 Å². The van der Waals surface area contributed by atoms with E-state index in [4.69, 9.17) is 5.26 Å². The number of aromatic nitrogens is 1. The van der Waals surface area contributed by atoms with Gasteiger partial charge in [0.15, 0.2) is 0 Å². The van der Waals surface area contributed by atoms with E-state index in [1.807, 2.05) is 0 Å².